The molecule has 1 N–H and O–H groups in total. The Bertz CT molecular complexity index is 598. The van der Waals surface area contributed by atoms with Crippen molar-refractivity contribution in [1.29, 1.82) is 0 Å². The van der Waals surface area contributed by atoms with E-state index in [-0.39, 0.29) is 5.56 Å². The van der Waals surface area contributed by atoms with E-state index in [2.05, 4.69) is 14.8 Å². The third kappa shape index (κ3) is 2.43. The Balaban J connectivity index is 1.90. The van der Waals surface area contributed by atoms with Crippen LogP contribution < -0.4 is 0 Å². The van der Waals surface area contributed by atoms with Gasteiger partial charge in [0.05, 0.1) is 5.56 Å². The zero-order valence-corrected chi connectivity index (χ0v) is 11.2. The highest BCUT2D eigenvalue weighted by molar-refractivity contribution is 5.88. The van der Waals surface area contributed by atoms with Crippen molar-refractivity contribution in [3.63, 3.8) is 0 Å². The van der Waals surface area contributed by atoms with E-state index in [4.69, 9.17) is 5.11 Å². The molecule has 1 saturated carbocycles. The van der Waals surface area contributed by atoms with Crippen molar-refractivity contribution in [3.05, 3.63) is 36.2 Å². The third-order valence-corrected chi connectivity index (χ3v) is 3.93. The van der Waals surface area contributed by atoms with Crippen LogP contribution >= 0.6 is 0 Å². The van der Waals surface area contributed by atoms with Crippen LogP contribution in [0.25, 0.3) is 11.4 Å². The normalized spacial score (nSPS) is 16.2. The second-order valence-corrected chi connectivity index (χ2v) is 5.24. The number of rotatable bonds is 3. The van der Waals surface area contributed by atoms with Crippen LogP contribution in [0.1, 0.15) is 48.5 Å². The summed E-state index contributed by atoms with van der Waals surface area (Å²) < 4.78 is 2.13. The van der Waals surface area contributed by atoms with E-state index in [9.17, 15) is 4.79 Å². The SMILES string of the molecule is O=C(O)c1ccc(-c2nncn2C2CCCCC2)cc1. The largest absolute Gasteiger partial charge is 0.478 e. The summed E-state index contributed by atoms with van der Waals surface area (Å²) in [6, 6.07) is 7.28. The van der Waals surface area contributed by atoms with Crippen LogP contribution in [0.5, 0.6) is 0 Å². The van der Waals surface area contributed by atoms with Crippen molar-refractivity contribution >= 4 is 5.97 Å². The van der Waals surface area contributed by atoms with Crippen molar-refractivity contribution in [1.82, 2.24) is 14.8 Å². The number of aromatic carboxylic acids is 1. The Hall–Kier alpha value is -2.17. The highest BCUT2D eigenvalue weighted by Crippen LogP contribution is 2.31. The minimum Gasteiger partial charge on any atom is -0.478 e. The predicted octanol–water partition coefficient (Wildman–Crippen LogP) is 3.15. The van der Waals surface area contributed by atoms with Gasteiger partial charge in [-0.05, 0) is 25.0 Å². The van der Waals surface area contributed by atoms with E-state index in [1.54, 1.807) is 30.6 Å². The fourth-order valence-electron chi connectivity index (χ4n) is 2.84. The third-order valence-electron chi connectivity index (χ3n) is 3.93. The Morgan fingerprint density at radius 3 is 2.50 bits per heavy atom. The lowest BCUT2D eigenvalue weighted by atomic mass is 9.95. The molecule has 1 aromatic carbocycles. The van der Waals surface area contributed by atoms with Crippen LogP contribution in [-0.4, -0.2) is 25.8 Å². The summed E-state index contributed by atoms with van der Waals surface area (Å²) >= 11 is 0. The maximum atomic E-state index is 10.9. The number of benzene rings is 1. The summed E-state index contributed by atoms with van der Waals surface area (Å²) in [5.74, 6) is -0.0841. The quantitative estimate of drug-likeness (QED) is 0.931. The van der Waals surface area contributed by atoms with E-state index >= 15 is 0 Å². The molecule has 0 amide bonds. The lowest BCUT2D eigenvalue weighted by molar-refractivity contribution is 0.0697. The average Bonchev–Trinajstić information content (AvgIpc) is 2.97. The van der Waals surface area contributed by atoms with Gasteiger partial charge in [-0.15, -0.1) is 10.2 Å². The molecule has 1 heterocycles. The highest BCUT2D eigenvalue weighted by atomic mass is 16.4. The first-order chi connectivity index (χ1) is 9.75. The molecule has 0 saturated heterocycles. The Labute approximate surface area is 117 Å². The minimum absolute atomic E-state index is 0.289. The Morgan fingerprint density at radius 2 is 1.85 bits per heavy atom. The first-order valence-electron chi connectivity index (χ1n) is 6.99. The molecule has 0 spiro atoms. The van der Waals surface area contributed by atoms with E-state index < -0.39 is 5.97 Å². The molecule has 1 aliphatic carbocycles. The van der Waals surface area contributed by atoms with Crippen molar-refractivity contribution < 1.29 is 9.90 Å². The molecule has 2 aromatic rings. The number of carboxylic acid groups (broad SMARTS) is 1. The molecular weight excluding hydrogens is 254 g/mol. The summed E-state index contributed by atoms with van der Waals surface area (Å²) in [6.45, 7) is 0. The van der Waals surface area contributed by atoms with Gasteiger partial charge < -0.3 is 9.67 Å². The van der Waals surface area contributed by atoms with Crippen molar-refractivity contribution in [3.8, 4) is 11.4 Å². The molecule has 0 bridgehead atoms. The standard InChI is InChI=1S/C15H17N3O2/c19-15(20)12-8-6-11(7-9-12)14-17-16-10-18(14)13-4-2-1-3-5-13/h6-10,13H,1-5H2,(H,19,20). The summed E-state index contributed by atoms with van der Waals surface area (Å²) in [5, 5.41) is 17.2. The summed E-state index contributed by atoms with van der Waals surface area (Å²) in [5.41, 5.74) is 1.20. The van der Waals surface area contributed by atoms with Gasteiger partial charge in [0, 0.05) is 11.6 Å². The lowest BCUT2D eigenvalue weighted by Crippen LogP contribution is -2.13. The van der Waals surface area contributed by atoms with Crippen molar-refractivity contribution in [2.24, 2.45) is 0 Å². The molecule has 1 aromatic heterocycles. The van der Waals surface area contributed by atoms with Crippen LogP contribution in [-0.2, 0) is 0 Å². The lowest BCUT2D eigenvalue weighted by Gasteiger charge is -2.24. The zero-order chi connectivity index (χ0) is 13.9. The second kappa shape index (κ2) is 5.45. The van der Waals surface area contributed by atoms with Gasteiger partial charge in [-0.3, -0.25) is 0 Å². The van der Waals surface area contributed by atoms with Gasteiger partial charge in [-0.2, -0.15) is 0 Å². The van der Waals surface area contributed by atoms with E-state index in [0.29, 0.717) is 6.04 Å². The molecule has 0 aliphatic heterocycles. The number of carbonyl (C=O) groups is 1. The number of hydrogen-bond donors (Lipinski definition) is 1. The zero-order valence-electron chi connectivity index (χ0n) is 11.2. The maximum Gasteiger partial charge on any atom is 0.335 e. The number of hydrogen-bond acceptors (Lipinski definition) is 3. The van der Waals surface area contributed by atoms with Gasteiger partial charge in [0.1, 0.15) is 6.33 Å². The van der Waals surface area contributed by atoms with Gasteiger partial charge in [0.2, 0.25) is 0 Å². The predicted molar refractivity (Wildman–Crippen MR) is 74.5 cm³/mol. The molecule has 0 unspecified atom stereocenters. The van der Waals surface area contributed by atoms with Crippen LogP contribution in [0.3, 0.4) is 0 Å². The molecule has 3 rings (SSSR count). The monoisotopic (exact) mass is 271 g/mol. The number of aromatic nitrogens is 3. The molecule has 0 atom stereocenters. The Morgan fingerprint density at radius 1 is 1.15 bits per heavy atom. The molecule has 5 heteroatoms. The number of carboxylic acids is 1. The van der Waals surface area contributed by atoms with E-state index in [1.165, 1.54) is 19.3 Å². The van der Waals surface area contributed by atoms with Gasteiger partial charge in [-0.1, -0.05) is 31.4 Å². The van der Waals surface area contributed by atoms with Crippen LogP contribution in [0.15, 0.2) is 30.6 Å². The number of nitrogens with zero attached hydrogens (tertiary/aromatic N) is 3. The minimum atomic E-state index is -0.912. The Kier molecular flexibility index (Phi) is 3.50. The van der Waals surface area contributed by atoms with Crippen molar-refractivity contribution in [2.45, 2.75) is 38.1 Å². The summed E-state index contributed by atoms with van der Waals surface area (Å²) in [6.07, 6.45) is 7.93. The first kappa shape index (κ1) is 12.8. The molecule has 20 heavy (non-hydrogen) atoms. The van der Waals surface area contributed by atoms with Crippen LogP contribution in [0.4, 0.5) is 0 Å². The molecule has 104 valence electrons. The van der Waals surface area contributed by atoms with Gasteiger partial charge in [-0.25, -0.2) is 4.79 Å². The van der Waals surface area contributed by atoms with Crippen LogP contribution in [0.2, 0.25) is 0 Å². The second-order valence-electron chi connectivity index (χ2n) is 5.24. The molecule has 5 nitrogen and oxygen atoms in total. The maximum absolute atomic E-state index is 10.9. The molecule has 1 fully saturated rings. The fraction of sp³-hybridized carbons (Fsp3) is 0.400. The summed E-state index contributed by atoms with van der Waals surface area (Å²) in [4.78, 5) is 10.9. The van der Waals surface area contributed by atoms with Crippen molar-refractivity contribution in [2.75, 3.05) is 0 Å². The van der Waals surface area contributed by atoms with Crippen LogP contribution in [0, 0.1) is 0 Å². The molecular formula is C15H17N3O2. The fourth-order valence-corrected chi connectivity index (χ4v) is 2.84. The smallest absolute Gasteiger partial charge is 0.335 e. The van der Waals surface area contributed by atoms with E-state index in [0.717, 1.165) is 24.2 Å². The van der Waals surface area contributed by atoms with Gasteiger partial charge >= 0.3 is 5.97 Å². The average molecular weight is 271 g/mol. The first-order valence-corrected chi connectivity index (χ1v) is 6.99. The molecule has 1 aliphatic rings. The van der Waals surface area contributed by atoms with Gasteiger partial charge in [0.15, 0.2) is 5.82 Å². The van der Waals surface area contributed by atoms with Gasteiger partial charge in [0.25, 0.3) is 0 Å². The summed E-state index contributed by atoms with van der Waals surface area (Å²) in [7, 11) is 0. The molecule has 0 radical (unpaired) electrons. The topological polar surface area (TPSA) is 68.0 Å². The van der Waals surface area contributed by atoms with E-state index in [1.807, 2.05) is 0 Å². The highest BCUT2D eigenvalue weighted by Gasteiger charge is 2.19.